The minimum Gasteiger partial charge on any atom is -0.494 e. The number of aromatic nitrogens is 1. The lowest BCUT2D eigenvalue weighted by Gasteiger charge is -2.26. The average Bonchev–Trinajstić information content (AvgIpc) is 3.36. The van der Waals surface area contributed by atoms with E-state index in [9.17, 15) is 9.90 Å². The standard InChI is InChI=1S/C26H27N3O4/c1-17-2-6-19(7-3-17)23-21-22(26(31)27-23)24(28-25(21)30)20-8-4-18(5-9-20)16-33-15-12-29-10-13-32-14-11-29/h2-9,28,30H,10-16H2,1H3. The van der Waals surface area contributed by atoms with E-state index in [4.69, 9.17) is 9.47 Å². The third-order valence-electron chi connectivity index (χ3n) is 6.14. The zero-order valence-electron chi connectivity index (χ0n) is 18.6. The van der Waals surface area contributed by atoms with E-state index < -0.39 is 0 Å². The van der Waals surface area contributed by atoms with Crippen LogP contribution in [0.1, 0.15) is 32.6 Å². The number of morpholine rings is 1. The van der Waals surface area contributed by atoms with Crippen LogP contribution in [-0.2, 0) is 16.1 Å². The third-order valence-corrected chi connectivity index (χ3v) is 6.14. The Labute approximate surface area is 192 Å². The van der Waals surface area contributed by atoms with E-state index in [0.29, 0.717) is 35.7 Å². The van der Waals surface area contributed by atoms with E-state index in [0.717, 1.165) is 55.1 Å². The number of ether oxygens (including phenoxy) is 2. The van der Waals surface area contributed by atoms with Crippen LogP contribution < -0.4 is 0 Å². The number of nitrogens with one attached hydrogen (secondary N) is 1. The summed E-state index contributed by atoms with van der Waals surface area (Å²) < 4.78 is 11.2. The maximum absolute atomic E-state index is 12.7. The number of carbonyl (C=O) groups is 1. The molecule has 1 saturated heterocycles. The van der Waals surface area contributed by atoms with Crippen molar-refractivity contribution in [2.45, 2.75) is 13.5 Å². The topological polar surface area (TPSA) is 87.1 Å². The highest BCUT2D eigenvalue weighted by molar-refractivity contribution is 6.30. The molecule has 0 unspecified atom stereocenters. The fourth-order valence-corrected chi connectivity index (χ4v) is 4.26. The lowest BCUT2D eigenvalue weighted by atomic mass is 9.99. The van der Waals surface area contributed by atoms with Crippen molar-refractivity contribution in [2.24, 2.45) is 4.99 Å². The molecule has 7 nitrogen and oxygen atoms in total. The number of aliphatic imine (C=N–C) groups is 1. The molecule has 0 bridgehead atoms. The van der Waals surface area contributed by atoms with Crippen molar-refractivity contribution in [3.05, 3.63) is 76.3 Å². The minimum absolute atomic E-state index is 0.0410. The maximum Gasteiger partial charge on any atom is 0.280 e. The lowest BCUT2D eigenvalue weighted by molar-refractivity contribution is 0.0180. The molecule has 0 saturated carbocycles. The van der Waals surface area contributed by atoms with E-state index in [2.05, 4.69) is 14.9 Å². The largest absolute Gasteiger partial charge is 0.494 e. The Kier molecular flexibility index (Phi) is 6.09. The van der Waals surface area contributed by atoms with Crippen LogP contribution in [0, 0.1) is 6.92 Å². The molecular weight excluding hydrogens is 418 g/mol. The molecule has 3 aromatic rings. The van der Waals surface area contributed by atoms with Crippen LogP contribution in [0.5, 0.6) is 5.88 Å². The molecule has 0 radical (unpaired) electrons. The van der Waals surface area contributed by atoms with Gasteiger partial charge in [-0.2, -0.15) is 0 Å². The Hall–Kier alpha value is -3.26. The van der Waals surface area contributed by atoms with E-state index >= 15 is 0 Å². The van der Waals surface area contributed by atoms with Gasteiger partial charge in [-0.05, 0) is 18.1 Å². The fraction of sp³-hybridized carbons (Fsp3) is 0.308. The van der Waals surface area contributed by atoms with Crippen molar-refractivity contribution in [1.82, 2.24) is 9.88 Å². The summed E-state index contributed by atoms with van der Waals surface area (Å²) >= 11 is 0. The first-order valence-corrected chi connectivity index (χ1v) is 11.2. The molecule has 2 aromatic carbocycles. The van der Waals surface area contributed by atoms with E-state index in [1.807, 2.05) is 55.5 Å². The van der Waals surface area contributed by atoms with Crippen LogP contribution in [0.4, 0.5) is 0 Å². The summed E-state index contributed by atoms with van der Waals surface area (Å²) in [6.45, 7) is 7.60. The van der Waals surface area contributed by atoms with Gasteiger partial charge in [-0.3, -0.25) is 9.69 Å². The average molecular weight is 446 g/mol. The fourth-order valence-electron chi connectivity index (χ4n) is 4.26. The molecule has 1 fully saturated rings. The predicted molar refractivity (Wildman–Crippen MR) is 126 cm³/mol. The molecule has 33 heavy (non-hydrogen) atoms. The van der Waals surface area contributed by atoms with Crippen LogP contribution in [0.15, 0.2) is 53.5 Å². The summed E-state index contributed by atoms with van der Waals surface area (Å²) in [6.07, 6.45) is 0. The zero-order chi connectivity index (χ0) is 22.8. The number of fused-ring (bicyclic) bond motifs is 1. The Morgan fingerprint density at radius 2 is 1.73 bits per heavy atom. The number of hydrogen-bond acceptors (Lipinski definition) is 5. The van der Waals surface area contributed by atoms with Crippen LogP contribution in [0.3, 0.4) is 0 Å². The summed E-state index contributed by atoms with van der Waals surface area (Å²) in [7, 11) is 0. The van der Waals surface area contributed by atoms with Crippen LogP contribution >= 0.6 is 0 Å². The Bertz CT molecular complexity index is 1170. The highest BCUT2D eigenvalue weighted by Gasteiger charge is 2.33. The van der Waals surface area contributed by atoms with Crippen molar-refractivity contribution in [3.63, 3.8) is 0 Å². The number of hydrogen-bond donors (Lipinski definition) is 2. The summed E-state index contributed by atoms with van der Waals surface area (Å²) in [5, 5.41) is 10.6. The van der Waals surface area contributed by atoms with Gasteiger partial charge in [0.25, 0.3) is 5.91 Å². The monoisotopic (exact) mass is 445 g/mol. The SMILES string of the molecule is Cc1ccc(C2=NC(=O)c3c(-c4ccc(COCCN5CCOCC5)cc4)[nH]c(O)c32)cc1. The lowest BCUT2D eigenvalue weighted by Crippen LogP contribution is -2.38. The molecule has 2 aliphatic rings. The van der Waals surface area contributed by atoms with Crippen LogP contribution in [-0.4, -0.2) is 66.1 Å². The smallest absolute Gasteiger partial charge is 0.280 e. The molecule has 3 heterocycles. The van der Waals surface area contributed by atoms with Crippen LogP contribution in [0.25, 0.3) is 11.3 Å². The number of rotatable bonds is 7. The number of benzene rings is 2. The summed E-state index contributed by atoms with van der Waals surface area (Å²) in [4.78, 5) is 22.3. The Balaban J connectivity index is 1.28. The molecule has 0 atom stereocenters. The van der Waals surface area contributed by atoms with Crippen molar-refractivity contribution in [3.8, 4) is 17.1 Å². The first-order chi connectivity index (χ1) is 16.1. The summed E-state index contributed by atoms with van der Waals surface area (Å²) in [5.41, 5.74) is 5.75. The number of aromatic amines is 1. The number of aryl methyl sites for hydroxylation is 1. The number of aromatic hydroxyl groups is 1. The highest BCUT2D eigenvalue weighted by atomic mass is 16.5. The van der Waals surface area contributed by atoms with Gasteiger partial charge in [-0.1, -0.05) is 54.1 Å². The zero-order valence-corrected chi connectivity index (χ0v) is 18.6. The molecule has 5 rings (SSSR count). The van der Waals surface area contributed by atoms with Crippen molar-refractivity contribution in [1.29, 1.82) is 0 Å². The van der Waals surface area contributed by atoms with Crippen molar-refractivity contribution in [2.75, 3.05) is 39.5 Å². The molecule has 0 spiro atoms. The Morgan fingerprint density at radius 3 is 2.45 bits per heavy atom. The first-order valence-electron chi connectivity index (χ1n) is 11.2. The minimum atomic E-state index is -0.345. The number of H-pyrrole nitrogens is 1. The summed E-state index contributed by atoms with van der Waals surface area (Å²) in [5.74, 6) is -0.386. The quantitative estimate of drug-likeness (QED) is 0.544. The van der Waals surface area contributed by atoms with E-state index in [1.54, 1.807) is 0 Å². The normalized spacial score (nSPS) is 16.2. The van der Waals surface area contributed by atoms with Gasteiger partial charge in [-0.25, -0.2) is 4.99 Å². The van der Waals surface area contributed by atoms with Gasteiger partial charge in [0.05, 0.1) is 49.0 Å². The second kappa shape index (κ2) is 9.31. The molecule has 7 heteroatoms. The molecule has 1 aromatic heterocycles. The molecule has 170 valence electrons. The van der Waals surface area contributed by atoms with Gasteiger partial charge in [0.2, 0.25) is 0 Å². The number of amides is 1. The van der Waals surface area contributed by atoms with E-state index in [1.165, 1.54) is 0 Å². The maximum atomic E-state index is 12.7. The number of nitrogens with zero attached hydrogens (tertiary/aromatic N) is 2. The van der Waals surface area contributed by atoms with Gasteiger partial charge in [0.1, 0.15) is 0 Å². The van der Waals surface area contributed by atoms with Gasteiger partial charge >= 0.3 is 0 Å². The Morgan fingerprint density at radius 1 is 1.03 bits per heavy atom. The molecule has 1 amide bonds. The van der Waals surface area contributed by atoms with Crippen molar-refractivity contribution >= 4 is 11.6 Å². The van der Waals surface area contributed by atoms with Gasteiger partial charge in [-0.15, -0.1) is 0 Å². The first kappa shape index (κ1) is 21.6. The van der Waals surface area contributed by atoms with Crippen molar-refractivity contribution < 1.29 is 19.4 Å². The predicted octanol–water partition coefficient (Wildman–Crippen LogP) is 3.54. The van der Waals surface area contributed by atoms with E-state index in [-0.39, 0.29) is 11.8 Å². The molecule has 2 N–H and O–H groups in total. The molecule has 2 aliphatic heterocycles. The van der Waals surface area contributed by atoms with Gasteiger partial charge < -0.3 is 19.6 Å². The highest BCUT2D eigenvalue weighted by Crippen LogP contribution is 2.38. The number of carbonyl (C=O) groups excluding carboxylic acids is 1. The van der Waals surface area contributed by atoms with Gasteiger partial charge in [0, 0.05) is 25.2 Å². The summed E-state index contributed by atoms with van der Waals surface area (Å²) in [6, 6.07) is 15.6. The second-order valence-electron chi connectivity index (χ2n) is 8.43. The molecular formula is C26H27N3O4. The molecule has 0 aliphatic carbocycles. The van der Waals surface area contributed by atoms with Gasteiger partial charge in [0.15, 0.2) is 5.88 Å². The third kappa shape index (κ3) is 4.48. The second-order valence-corrected chi connectivity index (χ2v) is 8.43. The van der Waals surface area contributed by atoms with Crippen LogP contribution in [0.2, 0.25) is 0 Å².